The van der Waals surface area contributed by atoms with Crippen molar-refractivity contribution in [1.29, 1.82) is 0 Å². The molecular weight excluding hydrogens is 598 g/mol. The van der Waals surface area contributed by atoms with Gasteiger partial charge in [0, 0.05) is 0 Å². The van der Waals surface area contributed by atoms with Gasteiger partial charge in [0.25, 0.3) is 0 Å². The molecule has 3 heteroatoms. The van der Waals surface area contributed by atoms with Crippen molar-refractivity contribution < 1.29 is 20.0 Å². The average Bonchev–Trinajstić information content (AvgIpc) is 3.21. The Bertz CT molecular complexity index is 980. The third-order valence-electron chi connectivity index (χ3n) is 8.02. The van der Waals surface area contributed by atoms with Crippen LogP contribution in [0.5, 0.6) is 0 Å². The molecule has 2 aromatic carbocycles. The van der Waals surface area contributed by atoms with E-state index in [1.54, 1.807) is 30.6 Å². The quantitative estimate of drug-likeness (QED) is 0.288. The maximum atomic E-state index is 2.58. The molecule has 172 valence electrons. The number of benzene rings is 2. The van der Waals surface area contributed by atoms with E-state index in [1.165, 1.54) is 17.5 Å². The van der Waals surface area contributed by atoms with Crippen molar-refractivity contribution in [2.24, 2.45) is 10.8 Å². The molecule has 1 heterocycles. The van der Waals surface area contributed by atoms with Gasteiger partial charge in [0.1, 0.15) is 0 Å². The van der Waals surface area contributed by atoms with Crippen molar-refractivity contribution in [3.63, 3.8) is 0 Å². The Morgan fingerprint density at radius 1 is 0.625 bits per heavy atom. The number of halogens is 2. The molecule has 1 aliphatic heterocycles. The Balaban J connectivity index is 0.00000144. The van der Waals surface area contributed by atoms with E-state index in [0.29, 0.717) is 0 Å². The molecule has 1 saturated heterocycles. The van der Waals surface area contributed by atoms with Crippen LogP contribution in [0.1, 0.15) is 77.6 Å². The molecule has 0 amide bonds. The van der Waals surface area contributed by atoms with Crippen molar-refractivity contribution in [3.8, 4) is 0 Å². The summed E-state index contributed by atoms with van der Waals surface area (Å²) in [4.78, 5) is 0. The number of rotatable bonds is 2. The van der Waals surface area contributed by atoms with E-state index in [0.717, 1.165) is 7.35 Å². The third-order valence-corrected chi connectivity index (χ3v) is 30.0. The fourth-order valence-electron chi connectivity index (χ4n) is 6.51. The zero-order valence-electron chi connectivity index (χ0n) is 20.4. The predicted octanol–water partition coefficient (Wildman–Crippen LogP) is 9.59. The monoisotopic (exact) mass is 636 g/mol. The molecule has 5 rings (SSSR count). The van der Waals surface area contributed by atoms with Crippen LogP contribution in [-0.2, 0) is 20.0 Å². The first-order valence-electron chi connectivity index (χ1n) is 11.7. The van der Waals surface area contributed by atoms with Gasteiger partial charge in [-0.15, -0.1) is 24.8 Å². The summed E-state index contributed by atoms with van der Waals surface area (Å²) >= 11 is -2.83. The maximum absolute atomic E-state index is 2.83. The summed E-state index contributed by atoms with van der Waals surface area (Å²) in [6.45, 7) is 14.7. The number of hydrogen-bond donors (Lipinski definition) is 0. The number of allylic oxidation sites excluding steroid dienone is 2. The zero-order chi connectivity index (χ0) is 21.3. The zero-order valence-corrected chi connectivity index (χ0v) is 25.6. The van der Waals surface area contributed by atoms with Crippen LogP contribution >= 0.6 is 24.8 Å². The van der Waals surface area contributed by atoms with Crippen LogP contribution in [0, 0.1) is 10.8 Å². The van der Waals surface area contributed by atoms with Crippen LogP contribution in [-0.4, -0.2) is 0 Å². The van der Waals surface area contributed by atoms with Gasteiger partial charge in [0.2, 0.25) is 0 Å². The van der Waals surface area contributed by atoms with Crippen molar-refractivity contribution in [2.45, 2.75) is 63.7 Å². The van der Waals surface area contributed by atoms with Gasteiger partial charge in [-0.1, -0.05) is 0 Å². The van der Waals surface area contributed by atoms with Crippen molar-refractivity contribution in [3.05, 3.63) is 81.9 Å². The second kappa shape index (κ2) is 8.86. The van der Waals surface area contributed by atoms with Gasteiger partial charge in [-0.05, 0) is 0 Å². The van der Waals surface area contributed by atoms with Crippen LogP contribution in [0.4, 0.5) is 0 Å². The second-order valence-electron chi connectivity index (χ2n) is 11.9. The molecule has 32 heavy (non-hydrogen) atoms. The predicted molar refractivity (Wildman–Crippen MR) is 142 cm³/mol. The summed E-state index contributed by atoms with van der Waals surface area (Å²) in [6, 6.07) is 18.7. The molecule has 1 fully saturated rings. The minimum absolute atomic E-state index is 0. The Morgan fingerprint density at radius 3 is 1.31 bits per heavy atom. The van der Waals surface area contributed by atoms with Gasteiger partial charge in [-0.3, -0.25) is 0 Å². The first-order chi connectivity index (χ1) is 14.1. The van der Waals surface area contributed by atoms with E-state index < -0.39 is 20.0 Å². The summed E-state index contributed by atoms with van der Waals surface area (Å²) in [5, 5.41) is 0. The summed E-state index contributed by atoms with van der Waals surface area (Å²) in [5.74, 6) is 0. The van der Waals surface area contributed by atoms with E-state index >= 15 is 0 Å². The normalized spacial score (nSPS) is 23.1. The first kappa shape index (κ1) is 26.0. The van der Waals surface area contributed by atoms with Gasteiger partial charge in [-0.2, -0.15) is 0 Å². The molecule has 0 N–H and O–H groups in total. The van der Waals surface area contributed by atoms with Gasteiger partial charge >= 0.3 is 189 Å². The second-order valence-corrected chi connectivity index (χ2v) is 28.5. The minimum Gasteiger partial charge on any atom is -0.147 e. The topological polar surface area (TPSA) is 0 Å². The molecule has 2 unspecified atom stereocenters. The van der Waals surface area contributed by atoms with Crippen LogP contribution in [0.3, 0.4) is 0 Å². The van der Waals surface area contributed by atoms with Crippen LogP contribution in [0.15, 0.2) is 59.7 Å². The molecule has 0 bridgehead atoms. The average molecular weight is 636 g/mol. The maximum Gasteiger partial charge on any atom is -0.147 e. The molecule has 2 atom stereocenters. The fraction of sp³-hybridized carbons (Fsp3) is 0.448. The smallest absolute Gasteiger partial charge is 0.147 e. The largest absolute Gasteiger partial charge is 0.147 e. The molecule has 0 spiro atoms. The molecule has 0 saturated carbocycles. The van der Waals surface area contributed by atoms with Gasteiger partial charge in [0.05, 0.1) is 0 Å². The Kier molecular flexibility index (Phi) is 7.20. The standard InChI is InChI=1S/2C13H15.C3H6.2ClH.Hf/c2*1-13(2,3)12-8-10-6-4-5-7-11(10)9-12;1-3-2;;;/h2*4-9H,1-3H3;1-3H2;2*1H;. The first-order valence-corrected chi connectivity index (χ1v) is 21.0. The van der Waals surface area contributed by atoms with E-state index in [9.17, 15) is 0 Å². The number of fused-ring (bicyclic) bond motifs is 2. The van der Waals surface area contributed by atoms with E-state index in [4.69, 9.17) is 0 Å². The summed E-state index contributed by atoms with van der Waals surface area (Å²) in [5.41, 5.74) is 10.3. The van der Waals surface area contributed by atoms with Crippen molar-refractivity contribution in [1.82, 2.24) is 0 Å². The van der Waals surface area contributed by atoms with Gasteiger partial charge < -0.3 is 0 Å². The summed E-state index contributed by atoms with van der Waals surface area (Å²) in [7, 11) is 0. The fourth-order valence-corrected chi connectivity index (χ4v) is 30.6. The molecule has 0 nitrogen and oxygen atoms in total. The molecule has 2 aliphatic carbocycles. The summed E-state index contributed by atoms with van der Waals surface area (Å²) in [6.07, 6.45) is 6.62. The summed E-state index contributed by atoms with van der Waals surface area (Å²) < 4.78 is 4.58. The molecular formula is C29H38Cl2Hf. The molecule has 0 aromatic heterocycles. The van der Waals surface area contributed by atoms with Crippen molar-refractivity contribution >= 4 is 37.0 Å². The van der Waals surface area contributed by atoms with E-state index in [2.05, 4.69) is 102 Å². The Hall–Kier alpha value is -0.630. The van der Waals surface area contributed by atoms with Gasteiger partial charge in [-0.25, -0.2) is 0 Å². The van der Waals surface area contributed by atoms with E-state index in [1.807, 2.05) is 0 Å². The van der Waals surface area contributed by atoms with Gasteiger partial charge in [0.15, 0.2) is 0 Å². The minimum atomic E-state index is -2.83. The molecule has 3 aliphatic rings. The van der Waals surface area contributed by atoms with Crippen LogP contribution in [0.2, 0.25) is 8.35 Å². The Labute approximate surface area is 212 Å². The SMILES string of the molecule is CC(C)(C)C1=Cc2ccccc2[CH]1[Hf]1([CH]2C(C(C)(C)C)=Cc3ccccc32)[CH2]C[CH2]1.Cl.Cl. The Morgan fingerprint density at radius 2 is 1.00 bits per heavy atom. The van der Waals surface area contributed by atoms with Crippen molar-refractivity contribution in [2.75, 3.05) is 0 Å². The van der Waals surface area contributed by atoms with Crippen LogP contribution in [0.25, 0.3) is 12.2 Å². The van der Waals surface area contributed by atoms with E-state index in [-0.39, 0.29) is 35.6 Å². The molecule has 2 aromatic rings. The number of hydrogen-bond acceptors (Lipinski definition) is 0. The third kappa shape index (κ3) is 3.95. The molecule has 0 radical (unpaired) electrons. The van der Waals surface area contributed by atoms with Crippen LogP contribution < -0.4 is 0 Å².